The Labute approximate surface area is 85.0 Å². The highest BCUT2D eigenvalue weighted by molar-refractivity contribution is 7.86. The van der Waals surface area contributed by atoms with Crippen LogP contribution in [0.4, 0.5) is 4.39 Å². The number of alkyl halides is 1. The molecule has 0 aromatic carbocycles. The minimum atomic E-state index is -4.15. The van der Waals surface area contributed by atoms with E-state index in [9.17, 15) is 12.8 Å². The number of hydrogen-bond donors (Lipinski definition) is 1. The van der Waals surface area contributed by atoms with Crippen molar-refractivity contribution in [2.24, 2.45) is 0 Å². The Hall–Kier alpha value is -1.63. The second kappa shape index (κ2) is 3.50. The van der Waals surface area contributed by atoms with Crippen molar-refractivity contribution in [3.63, 3.8) is 0 Å². The minimum Gasteiger partial charge on any atom is -0.380 e. The summed E-state index contributed by atoms with van der Waals surface area (Å²) in [5.41, 5.74) is 0.488. The maximum Gasteiger partial charge on any atom is 0.339 e. The molecule has 7 heteroatoms. The van der Waals surface area contributed by atoms with Crippen molar-refractivity contribution in [1.29, 1.82) is 0 Å². The maximum atomic E-state index is 12.0. The molecule has 0 amide bonds. The third kappa shape index (κ3) is 1.91. The highest BCUT2D eigenvalue weighted by atomic mass is 32.2. The van der Waals surface area contributed by atoms with Crippen LogP contribution < -0.4 is 4.18 Å². The largest absolute Gasteiger partial charge is 0.380 e. The number of halogens is 1. The van der Waals surface area contributed by atoms with Gasteiger partial charge in [-0.05, 0) is 6.07 Å². The number of H-pyrrole nitrogens is 1. The highest BCUT2D eigenvalue weighted by Crippen LogP contribution is 2.24. The van der Waals surface area contributed by atoms with Gasteiger partial charge in [-0.1, -0.05) is 0 Å². The molecule has 0 saturated heterocycles. The van der Waals surface area contributed by atoms with Crippen molar-refractivity contribution in [1.82, 2.24) is 9.97 Å². The molecule has 0 saturated carbocycles. The van der Waals surface area contributed by atoms with Gasteiger partial charge in [0.2, 0.25) is 6.01 Å². The van der Waals surface area contributed by atoms with Crippen molar-refractivity contribution < 1.29 is 17.0 Å². The summed E-state index contributed by atoms with van der Waals surface area (Å²) in [5, 5.41) is 0.495. The summed E-state index contributed by atoms with van der Waals surface area (Å²) >= 11 is 0. The average Bonchev–Trinajstić information content (AvgIpc) is 2.66. The monoisotopic (exact) mass is 230 g/mol. The molecule has 15 heavy (non-hydrogen) atoms. The van der Waals surface area contributed by atoms with Crippen LogP contribution in [-0.2, 0) is 10.1 Å². The molecule has 0 bridgehead atoms. The molecule has 0 radical (unpaired) electrons. The van der Waals surface area contributed by atoms with Gasteiger partial charge < -0.3 is 9.17 Å². The van der Waals surface area contributed by atoms with Crippen LogP contribution in [0, 0.1) is 0 Å². The molecule has 1 N–H and O–H groups in total. The quantitative estimate of drug-likeness (QED) is 0.804. The summed E-state index contributed by atoms with van der Waals surface area (Å²) in [5.74, 6) is 0.0684. The van der Waals surface area contributed by atoms with E-state index in [1.165, 1.54) is 12.3 Å². The van der Waals surface area contributed by atoms with E-state index >= 15 is 0 Å². The number of pyridine rings is 1. The fourth-order valence-electron chi connectivity index (χ4n) is 1.17. The molecule has 0 aliphatic heterocycles. The lowest BCUT2D eigenvalue weighted by molar-refractivity contribution is 0.453. The zero-order chi connectivity index (χ0) is 10.9. The fourth-order valence-corrected chi connectivity index (χ4v) is 1.63. The molecule has 0 fully saturated rings. The Morgan fingerprint density at radius 2 is 2.27 bits per heavy atom. The summed E-state index contributed by atoms with van der Waals surface area (Å²) in [7, 11) is -4.15. The first-order chi connectivity index (χ1) is 7.12. The average molecular weight is 230 g/mol. The van der Waals surface area contributed by atoms with Gasteiger partial charge in [0.25, 0.3) is 0 Å². The normalized spacial score (nSPS) is 11.8. The lowest BCUT2D eigenvalue weighted by atomic mass is 10.3. The molecule has 0 aliphatic rings. The standard InChI is InChI=1S/C8H7FN2O3S/c9-5-15(12,13)14-7-2-4-11-8-6(7)1-3-10-8/h1-4H,5H2,(H,10,11). The number of aromatic nitrogens is 2. The van der Waals surface area contributed by atoms with Crippen molar-refractivity contribution in [3.05, 3.63) is 24.5 Å². The molecule has 2 aromatic rings. The Morgan fingerprint density at radius 3 is 3.00 bits per heavy atom. The second-order valence-corrected chi connectivity index (χ2v) is 4.30. The van der Waals surface area contributed by atoms with Crippen LogP contribution in [0.1, 0.15) is 0 Å². The van der Waals surface area contributed by atoms with Gasteiger partial charge in [-0.3, -0.25) is 0 Å². The van der Waals surface area contributed by atoms with E-state index in [4.69, 9.17) is 0 Å². The van der Waals surface area contributed by atoms with Gasteiger partial charge in [0, 0.05) is 18.5 Å². The number of rotatable bonds is 3. The van der Waals surface area contributed by atoms with E-state index in [2.05, 4.69) is 14.2 Å². The molecule has 80 valence electrons. The zero-order valence-electron chi connectivity index (χ0n) is 7.47. The first-order valence-electron chi connectivity index (χ1n) is 4.02. The summed E-state index contributed by atoms with van der Waals surface area (Å²) in [4.78, 5) is 6.72. The number of nitrogens with one attached hydrogen (secondary N) is 1. The van der Waals surface area contributed by atoms with Crippen molar-refractivity contribution in [3.8, 4) is 5.75 Å². The van der Waals surface area contributed by atoms with E-state index in [0.717, 1.165) is 0 Å². The van der Waals surface area contributed by atoms with Gasteiger partial charge in [0.1, 0.15) is 5.65 Å². The number of fused-ring (bicyclic) bond motifs is 1. The molecule has 2 rings (SSSR count). The molecule has 2 aromatic heterocycles. The van der Waals surface area contributed by atoms with E-state index in [1.807, 2.05) is 0 Å². The van der Waals surface area contributed by atoms with E-state index in [-0.39, 0.29) is 5.75 Å². The molecule has 0 unspecified atom stereocenters. The Bertz CT molecular complexity index is 578. The van der Waals surface area contributed by atoms with Crippen LogP contribution in [0.5, 0.6) is 5.75 Å². The van der Waals surface area contributed by atoms with Crippen LogP contribution >= 0.6 is 0 Å². The predicted molar refractivity (Wildman–Crippen MR) is 51.6 cm³/mol. The SMILES string of the molecule is O=S(=O)(CF)Oc1ccnc2[nH]ccc12. The van der Waals surface area contributed by atoms with Crippen LogP contribution in [0.2, 0.25) is 0 Å². The first-order valence-corrected chi connectivity index (χ1v) is 5.60. The molecule has 0 atom stereocenters. The zero-order valence-corrected chi connectivity index (χ0v) is 8.29. The number of hydrogen-bond acceptors (Lipinski definition) is 4. The van der Waals surface area contributed by atoms with Gasteiger partial charge >= 0.3 is 10.1 Å². The highest BCUT2D eigenvalue weighted by Gasteiger charge is 2.14. The smallest absolute Gasteiger partial charge is 0.339 e. The van der Waals surface area contributed by atoms with E-state index in [1.54, 1.807) is 12.3 Å². The van der Waals surface area contributed by atoms with Crippen LogP contribution in [0.3, 0.4) is 0 Å². The van der Waals surface area contributed by atoms with Crippen LogP contribution in [0.25, 0.3) is 11.0 Å². The summed E-state index contributed by atoms with van der Waals surface area (Å²) in [6.07, 6.45) is 2.97. The van der Waals surface area contributed by atoms with Gasteiger partial charge in [-0.25, -0.2) is 9.37 Å². The molecule has 0 aliphatic carbocycles. The summed E-state index contributed by atoms with van der Waals surface area (Å²) in [6, 6.07) is 1.41. The second-order valence-electron chi connectivity index (χ2n) is 2.80. The summed E-state index contributed by atoms with van der Waals surface area (Å²) in [6.45, 7) is 0. The maximum absolute atomic E-state index is 12.0. The lowest BCUT2D eigenvalue weighted by Gasteiger charge is -2.03. The molecular weight excluding hydrogens is 223 g/mol. The molecule has 2 heterocycles. The number of nitrogens with zero attached hydrogens (tertiary/aromatic N) is 1. The molecular formula is C8H7FN2O3S. The predicted octanol–water partition coefficient (Wildman–Crippen LogP) is 1.20. The van der Waals surface area contributed by atoms with Gasteiger partial charge in [-0.2, -0.15) is 8.42 Å². The minimum absolute atomic E-state index is 0.0684. The Balaban J connectivity index is 2.48. The lowest BCUT2D eigenvalue weighted by Crippen LogP contribution is -2.10. The Morgan fingerprint density at radius 1 is 1.47 bits per heavy atom. The van der Waals surface area contributed by atoms with E-state index in [0.29, 0.717) is 11.0 Å². The van der Waals surface area contributed by atoms with Crippen LogP contribution in [0.15, 0.2) is 24.5 Å². The van der Waals surface area contributed by atoms with Crippen molar-refractivity contribution in [2.75, 3.05) is 6.01 Å². The fraction of sp³-hybridized carbons (Fsp3) is 0.125. The third-order valence-electron chi connectivity index (χ3n) is 1.77. The van der Waals surface area contributed by atoms with Gasteiger partial charge in [0.05, 0.1) is 5.39 Å². The van der Waals surface area contributed by atoms with Crippen molar-refractivity contribution >= 4 is 21.2 Å². The molecule has 0 spiro atoms. The van der Waals surface area contributed by atoms with Crippen LogP contribution in [-0.4, -0.2) is 24.4 Å². The van der Waals surface area contributed by atoms with Gasteiger partial charge in [0.15, 0.2) is 5.75 Å². The molecule has 5 nitrogen and oxygen atoms in total. The van der Waals surface area contributed by atoms with E-state index < -0.39 is 16.1 Å². The van der Waals surface area contributed by atoms with Crippen molar-refractivity contribution in [2.45, 2.75) is 0 Å². The topological polar surface area (TPSA) is 72.1 Å². The van der Waals surface area contributed by atoms with Gasteiger partial charge in [-0.15, -0.1) is 0 Å². The summed E-state index contributed by atoms with van der Waals surface area (Å²) < 4.78 is 38.4. The number of aromatic amines is 1. The first kappa shape index (κ1) is 9.91. The third-order valence-corrected chi connectivity index (χ3v) is 2.47. The Kier molecular flexibility index (Phi) is 2.31.